The van der Waals surface area contributed by atoms with Gasteiger partial charge in [0.25, 0.3) is 11.5 Å². The zero-order valence-corrected chi connectivity index (χ0v) is 25.9. The Kier molecular flexibility index (Phi) is 8.55. The second-order valence-electron chi connectivity index (χ2n) is 11.9. The first-order chi connectivity index (χ1) is 20.5. The highest BCUT2D eigenvalue weighted by Crippen LogP contribution is 2.44. The zero-order valence-electron chi connectivity index (χ0n) is 25.1. The van der Waals surface area contributed by atoms with E-state index in [0.717, 1.165) is 35.3 Å². The molecule has 1 amide bonds. The van der Waals surface area contributed by atoms with Gasteiger partial charge in [-0.3, -0.25) is 9.59 Å². The predicted molar refractivity (Wildman–Crippen MR) is 169 cm³/mol. The van der Waals surface area contributed by atoms with Crippen LogP contribution in [0.1, 0.15) is 65.4 Å². The average Bonchev–Trinajstić information content (AvgIpc) is 3.34. The van der Waals surface area contributed by atoms with Crippen molar-refractivity contribution in [2.75, 3.05) is 18.5 Å². The number of carbonyl (C=O) groups excluding carboxylic acids is 3. The smallest absolute Gasteiger partial charge is 0.356 e. The van der Waals surface area contributed by atoms with E-state index >= 15 is 0 Å². The molecule has 9 heteroatoms. The largest absolute Gasteiger partial charge is 0.462 e. The van der Waals surface area contributed by atoms with E-state index in [2.05, 4.69) is 26.1 Å². The molecule has 8 nitrogen and oxygen atoms in total. The van der Waals surface area contributed by atoms with Gasteiger partial charge in [0.15, 0.2) is 6.61 Å². The third kappa shape index (κ3) is 5.99. The van der Waals surface area contributed by atoms with Crippen molar-refractivity contribution in [2.45, 2.75) is 47.0 Å². The predicted octanol–water partition coefficient (Wildman–Crippen LogP) is 6.39. The normalized spacial score (nSPS) is 14.7. The molecule has 224 valence electrons. The van der Waals surface area contributed by atoms with Gasteiger partial charge >= 0.3 is 11.9 Å². The summed E-state index contributed by atoms with van der Waals surface area (Å²) in [5, 5.41) is 4.30. The fourth-order valence-corrected chi connectivity index (χ4v) is 7.13. The van der Waals surface area contributed by atoms with Gasteiger partial charge in [-0.15, -0.1) is 11.3 Å². The van der Waals surface area contributed by atoms with E-state index < -0.39 is 24.5 Å². The molecule has 1 unspecified atom stereocenters. The number of rotatable bonds is 7. The minimum absolute atomic E-state index is 0.0507. The standard InChI is InChI=1S/C34H36N2O6S/c1-6-41-32(39)28-24-17-16-21(34(2,3)4)18-25(24)43-30(28)35-26(37)19-42-33(40)29-27(20-12-8-7-9-13-20)22-14-10-11-15-23(22)31(38)36(29)5/h7-15,21H,6,16-19H2,1-5H3,(H,35,37). The van der Waals surface area contributed by atoms with Crippen LogP contribution in [0.15, 0.2) is 59.4 Å². The summed E-state index contributed by atoms with van der Waals surface area (Å²) < 4.78 is 12.1. The monoisotopic (exact) mass is 600 g/mol. The summed E-state index contributed by atoms with van der Waals surface area (Å²) in [4.78, 5) is 53.9. The van der Waals surface area contributed by atoms with Crippen LogP contribution in [-0.2, 0) is 34.2 Å². The second kappa shape index (κ2) is 12.2. The first-order valence-corrected chi connectivity index (χ1v) is 15.3. The highest BCUT2D eigenvalue weighted by Gasteiger charge is 2.34. The van der Waals surface area contributed by atoms with Gasteiger partial charge in [-0.2, -0.15) is 0 Å². The molecule has 5 rings (SSSR count). The summed E-state index contributed by atoms with van der Waals surface area (Å²) in [6, 6.07) is 16.4. The Morgan fingerprint density at radius 1 is 0.977 bits per heavy atom. The molecule has 1 N–H and O–H groups in total. The van der Waals surface area contributed by atoms with E-state index in [1.165, 1.54) is 23.0 Å². The number of aromatic nitrogens is 1. The SMILES string of the molecule is CCOC(=O)c1c(NC(=O)COC(=O)c2c(-c3ccccc3)c3ccccc3c(=O)n2C)sc2c1CCC(C(C)(C)C)C2. The third-order valence-corrected chi connectivity index (χ3v) is 9.29. The molecule has 0 saturated heterocycles. The first kappa shape index (κ1) is 30.2. The van der Waals surface area contributed by atoms with Crippen molar-refractivity contribution in [3.05, 3.63) is 86.6 Å². The summed E-state index contributed by atoms with van der Waals surface area (Å²) in [7, 11) is 1.52. The topological polar surface area (TPSA) is 104 Å². The number of ether oxygens (including phenoxy) is 2. The molecule has 0 aliphatic heterocycles. The van der Waals surface area contributed by atoms with Crippen molar-refractivity contribution in [2.24, 2.45) is 18.4 Å². The highest BCUT2D eigenvalue weighted by atomic mass is 32.1. The van der Waals surface area contributed by atoms with E-state index in [4.69, 9.17) is 9.47 Å². The molecule has 1 aliphatic rings. The molecular formula is C34H36N2O6S. The lowest BCUT2D eigenvalue weighted by Gasteiger charge is -2.33. The molecule has 1 atom stereocenters. The van der Waals surface area contributed by atoms with Crippen LogP contribution in [-0.4, -0.2) is 35.6 Å². The van der Waals surface area contributed by atoms with Crippen LogP contribution in [0.5, 0.6) is 0 Å². The Bertz CT molecular complexity index is 1760. The van der Waals surface area contributed by atoms with Crippen LogP contribution in [0.3, 0.4) is 0 Å². The minimum atomic E-state index is -0.802. The minimum Gasteiger partial charge on any atom is -0.462 e. The van der Waals surface area contributed by atoms with Crippen molar-refractivity contribution >= 4 is 45.0 Å². The molecule has 43 heavy (non-hydrogen) atoms. The third-order valence-electron chi connectivity index (χ3n) is 8.12. The second-order valence-corrected chi connectivity index (χ2v) is 13.0. The number of anilines is 1. The van der Waals surface area contributed by atoms with Gasteiger partial charge in [-0.1, -0.05) is 69.3 Å². The van der Waals surface area contributed by atoms with Crippen molar-refractivity contribution in [1.29, 1.82) is 0 Å². The number of esters is 2. The molecule has 0 radical (unpaired) electrons. The summed E-state index contributed by atoms with van der Waals surface area (Å²) in [6.07, 6.45) is 2.49. The molecule has 4 aromatic rings. The first-order valence-electron chi connectivity index (χ1n) is 14.5. The molecule has 2 aromatic heterocycles. The van der Waals surface area contributed by atoms with Crippen molar-refractivity contribution < 1.29 is 23.9 Å². The van der Waals surface area contributed by atoms with E-state index in [9.17, 15) is 19.2 Å². The molecular weight excluding hydrogens is 564 g/mol. The quantitative estimate of drug-likeness (QED) is 0.247. The van der Waals surface area contributed by atoms with Crippen LogP contribution in [0.4, 0.5) is 5.00 Å². The maximum Gasteiger partial charge on any atom is 0.356 e. The average molecular weight is 601 g/mol. The molecule has 0 saturated carbocycles. The molecule has 0 bridgehead atoms. The van der Waals surface area contributed by atoms with E-state index in [1.54, 1.807) is 25.1 Å². The molecule has 0 spiro atoms. The number of nitrogens with one attached hydrogen (secondary N) is 1. The van der Waals surface area contributed by atoms with Crippen LogP contribution < -0.4 is 10.9 Å². The molecule has 2 aromatic carbocycles. The number of thiophene rings is 1. The lowest BCUT2D eigenvalue weighted by atomic mass is 9.72. The van der Waals surface area contributed by atoms with Crippen LogP contribution in [0.2, 0.25) is 0 Å². The summed E-state index contributed by atoms with van der Waals surface area (Å²) in [5.41, 5.74) is 2.42. The Labute approximate surface area is 254 Å². The number of hydrogen-bond acceptors (Lipinski definition) is 7. The van der Waals surface area contributed by atoms with Gasteiger partial charge in [-0.25, -0.2) is 9.59 Å². The summed E-state index contributed by atoms with van der Waals surface area (Å²) in [6.45, 7) is 8.01. The number of pyridine rings is 1. The number of nitrogens with zero attached hydrogens (tertiary/aromatic N) is 1. The van der Waals surface area contributed by atoms with Gasteiger partial charge in [0, 0.05) is 22.9 Å². The lowest BCUT2D eigenvalue weighted by molar-refractivity contribution is -0.119. The van der Waals surface area contributed by atoms with Gasteiger partial charge in [0.05, 0.1) is 12.2 Å². The summed E-state index contributed by atoms with van der Waals surface area (Å²) in [5.74, 6) is -1.41. The molecule has 1 aliphatic carbocycles. The van der Waals surface area contributed by atoms with Crippen LogP contribution >= 0.6 is 11.3 Å². The zero-order chi connectivity index (χ0) is 30.9. The van der Waals surface area contributed by atoms with Crippen molar-refractivity contribution in [3.63, 3.8) is 0 Å². The number of carbonyl (C=O) groups is 3. The summed E-state index contributed by atoms with van der Waals surface area (Å²) >= 11 is 1.38. The van der Waals surface area contributed by atoms with E-state index in [-0.39, 0.29) is 23.3 Å². The van der Waals surface area contributed by atoms with Gasteiger partial charge in [0.2, 0.25) is 0 Å². The van der Waals surface area contributed by atoms with Gasteiger partial charge < -0.3 is 19.4 Å². The van der Waals surface area contributed by atoms with Crippen molar-refractivity contribution in [3.8, 4) is 11.1 Å². The van der Waals surface area contributed by atoms with E-state index in [0.29, 0.717) is 32.8 Å². The van der Waals surface area contributed by atoms with E-state index in [1.807, 2.05) is 36.4 Å². The van der Waals surface area contributed by atoms with Crippen molar-refractivity contribution in [1.82, 2.24) is 4.57 Å². The Hall–Kier alpha value is -4.24. The fourth-order valence-electron chi connectivity index (χ4n) is 5.80. The Morgan fingerprint density at radius 2 is 1.65 bits per heavy atom. The fraction of sp³-hybridized carbons (Fsp3) is 0.353. The van der Waals surface area contributed by atoms with Crippen LogP contribution in [0, 0.1) is 11.3 Å². The Balaban J connectivity index is 1.42. The number of amides is 1. The van der Waals surface area contributed by atoms with Gasteiger partial charge in [0.1, 0.15) is 10.7 Å². The van der Waals surface area contributed by atoms with Crippen LogP contribution in [0.25, 0.3) is 21.9 Å². The lowest BCUT2D eigenvalue weighted by Crippen LogP contribution is -2.28. The molecule has 2 heterocycles. The molecule has 0 fully saturated rings. The number of fused-ring (bicyclic) bond motifs is 2. The van der Waals surface area contributed by atoms with Gasteiger partial charge in [-0.05, 0) is 60.1 Å². The number of benzene rings is 2. The Morgan fingerprint density at radius 3 is 2.33 bits per heavy atom. The number of hydrogen-bond donors (Lipinski definition) is 1. The highest BCUT2D eigenvalue weighted by molar-refractivity contribution is 7.17. The maximum atomic E-state index is 13.5. The maximum absolute atomic E-state index is 13.5.